The smallest absolute Gasteiger partial charge is 0.227 e. The molecular formula is C19H20Cl2N2O. The van der Waals surface area contributed by atoms with Crippen LogP contribution in [0.5, 0.6) is 0 Å². The molecule has 1 aliphatic rings. The number of nitrogens with one attached hydrogen (secondary N) is 1. The average Bonchev–Trinajstić information content (AvgIpc) is 2.55. The van der Waals surface area contributed by atoms with Crippen molar-refractivity contribution in [3.8, 4) is 0 Å². The molecule has 1 saturated heterocycles. The highest BCUT2D eigenvalue weighted by molar-refractivity contribution is 6.35. The Labute approximate surface area is 152 Å². The van der Waals surface area contributed by atoms with Gasteiger partial charge in [0.25, 0.3) is 0 Å². The zero-order valence-corrected chi connectivity index (χ0v) is 15.1. The largest absolute Gasteiger partial charge is 0.371 e. The molecule has 3 rings (SSSR count). The molecular weight excluding hydrogens is 343 g/mol. The van der Waals surface area contributed by atoms with Gasteiger partial charge in [-0.05, 0) is 50.1 Å². The van der Waals surface area contributed by atoms with Crippen molar-refractivity contribution in [3.05, 3.63) is 58.1 Å². The van der Waals surface area contributed by atoms with E-state index in [9.17, 15) is 4.79 Å². The zero-order chi connectivity index (χ0) is 17.1. The topological polar surface area (TPSA) is 32.3 Å². The van der Waals surface area contributed by atoms with Crippen LogP contribution in [0.15, 0.2) is 42.5 Å². The summed E-state index contributed by atoms with van der Waals surface area (Å²) >= 11 is 11.9. The van der Waals surface area contributed by atoms with Gasteiger partial charge in [-0.3, -0.25) is 4.79 Å². The van der Waals surface area contributed by atoms with Gasteiger partial charge in [-0.25, -0.2) is 0 Å². The quantitative estimate of drug-likeness (QED) is 0.817. The summed E-state index contributed by atoms with van der Waals surface area (Å²) in [5.74, 6) is 0.0568. The van der Waals surface area contributed by atoms with Gasteiger partial charge in [-0.1, -0.05) is 40.9 Å². The summed E-state index contributed by atoms with van der Waals surface area (Å²) in [5.41, 5.74) is 3.13. The fraction of sp³-hybridized carbons (Fsp3) is 0.316. The van der Waals surface area contributed by atoms with Crippen molar-refractivity contribution in [2.75, 3.05) is 23.3 Å². The van der Waals surface area contributed by atoms with Crippen LogP contribution in [0.25, 0.3) is 0 Å². The minimum Gasteiger partial charge on any atom is -0.371 e. The summed E-state index contributed by atoms with van der Waals surface area (Å²) in [7, 11) is 0. The minimum absolute atomic E-state index is 0.0180. The molecule has 5 heteroatoms. The molecule has 126 valence electrons. The maximum Gasteiger partial charge on any atom is 0.227 e. The van der Waals surface area contributed by atoms with Crippen LogP contribution in [-0.2, 0) is 4.79 Å². The van der Waals surface area contributed by atoms with Crippen molar-refractivity contribution < 1.29 is 4.79 Å². The van der Waals surface area contributed by atoms with Crippen molar-refractivity contribution in [2.45, 2.75) is 19.8 Å². The number of amides is 1. The molecule has 0 saturated carbocycles. The Hall–Kier alpha value is -1.71. The van der Waals surface area contributed by atoms with Crippen LogP contribution >= 0.6 is 23.2 Å². The third-order valence-corrected chi connectivity index (χ3v) is 4.83. The first-order valence-corrected chi connectivity index (χ1v) is 8.85. The van der Waals surface area contributed by atoms with Crippen LogP contribution in [-0.4, -0.2) is 19.0 Å². The Kier molecular flexibility index (Phi) is 5.32. The van der Waals surface area contributed by atoms with Gasteiger partial charge in [-0.2, -0.15) is 0 Å². The van der Waals surface area contributed by atoms with Crippen LogP contribution in [0.1, 0.15) is 18.4 Å². The van der Waals surface area contributed by atoms with Crippen LogP contribution < -0.4 is 10.2 Å². The van der Waals surface area contributed by atoms with Crippen LogP contribution in [0, 0.1) is 12.8 Å². The lowest BCUT2D eigenvalue weighted by molar-refractivity contribution is -0.120. The van der Waals surface area contributed by atoms with Crippen molar-refractivity contribution in [3.63, 3.8) is 0 Å². The number of carbonyl (C=O) groups excluding carboxylic acids is 1. The van der Waals surface area contributed by atoms with E-state index in [1.54, 1.807) is 18.2 Å². The molecule has 2 aromatic carbocycles. The van der Waals surface area contributed by atoms with E-state index in [1.807, 2.05) is 0 Å². The average molecular weight is 363 g/mol. The summed E-state index contributed by atoms with van der Waals surface area (Å²) in [4.78, 5) is 14.8. The van der Waals surface area contributed by atoms with E-state index in [4.69, 9.17) is 23.2 Å². The first kappa shape index (κ1) is 17.1. The number of aryl methyl sites for hydroxylation is 1. The number of anilines is 2. The highest BCUT2D eigenvalue weighted by Crippen LogP contribution is 2.26. The molecule has 0 aliphatic carbocycles. The van der Waals surface area contributed by atoms with Crippen LogP contribution in [0.2, 0.25) is 10.0 Å². The number of piperidine rings is 1. The fourth-order valence-electron chi connectivity index (χ4n) is 3.03. The van der Waals surface area contributed by atoms with E-state index < -0.39 is 0 Å². The molecule has 1 aliphatic heterocycles. The number of carbonyl (C=O) groups is 1. The summed E-state index contributed by atoms with van der Waals surface area (Å²) in [6.45, 7) is 3.86. The normalized spacial score (nSPS) is 15.4. The number of hydrogen-bond donors (Lipinski definition) is 1. The summed E-state index contributed by atoms with van der Waals surface area (Å²) < 4.78 is 0. The van der Waals surface area contributed by atoms with Gasteiger partial charge >= 0.3 is 0 Å². The van der Waals surface area contributed by atoms with E-state index in [2.05, 4.69) is 41.4 Å². The van der Waals surface area contributed by atoms with Crippen LogP contribution in [0.3, 0.4) is 0 Å². The third kappa shape index (κ3) is 4.22. The van der Waals surface area contributed by atoms with Gasteiger partial charge < -0.3 is 10.2 Å². The summed E-state index contributed by atoms with van der Waals surface area (Å²) in [6.07, 6.45) is 1.68. The molecule has 3 nitrogen and oxygen atoms in total. The molecule has 0 atom stereocenters. The lowest BCUT2D eigenvalue weighted by Crippen LogP contribution is -2.38. The van der Waals surface area contributed by atoms with Gasteiger partial charge in [0.1, 0.15) is 0 Å². The number of hydrogen-bond acceptors (Lipinski definition) is 2. The Morgan fingerprint density at radius 2 is 1.62 bits per heavy atom. The first-order valence-electron chi connectivity index (χ1n) is 8.10. The van der Waals surface area contributed by atoms with Gasteiger partial charge in [0.05, 0.1) is 0 Å². The van der Waals surface area contributed by atoms with Gasteiger partial charge in [0, 0.05) is 40.4 Å². The molecule has 0 aromatic heterocycles. The second kappa shape index (κ2) is 7.45. The van der Waals surface area contributed by atoms with Gasteiger partial charge in [0.15, 0.2) is 0 Å². The van der Waals surface area contributed by atoms with Crippen molar-refractivity contribution >= 4 is 40.5 Å². The Bertz CT molecular complexity index is 702. The Balaban J connectivity index is 1.57. The van der Waals surface area contributed by atoms with Crippen molar-refractivity contribution in [2.24, 2.45) is 5.92 Å². The number of benzene rings is 2. The predicted molar refractivity (Wildman–Crippen MR) is 101 cm³/mol. The maximum atomic E-state index is 12.5. The second-order valence-corrected chi connectivity index (χ2v) is 7.12. The molecule has 1 amide bonds. The van der Waals surface area contributed by atoms with Crippen LogP contribution in [0.4, 0.5) is 11.4 Å². The minimum atomic E-state index is 0.0180. The highest BCUT2D eigenvalue weighted by Gasteiger charge is 2.25. The molecule has 1 N–H and O–H groups in total. The molecule has 0 unspecified atom stereocenters. The SMILES string of the molecule is Cc1ccc(N2CCC(C(=O)Nc3cc(Cl)cc(Cl)c3)CC2)cc1. The number of nitrogens with zero attached hydrogens (tertiary/aromatic N) is 1. The molecule has 1 heterocycles. The molecule has 2 aromatic rings. The summed E-state index contributed by atoms with van der Waals surface area (Å²) in [6, 6.07) is 13.6. The second-order valence-electron chi connectivity index (χ2n) is 6.24. The maximum absolute atomic E-state index is 12.5. The van der Waals surface area contributed by atoms with Crippen molar-refractivity contribution in [1.82, 2.24) is 0 Å². The third-order valence-electron chi connectivity index (χ3n) is 4.39. The zero-order valence-electron chi connectivity index (χ0n) is 13.6. The Morgan fingerprint density at radius 1 is 1.04 bits per heavy atom. The van der Waals surface area contributed by atoms with E-state index in [0.29, 0.717) is 15.7 Å². The molecule has 1 fully saturated rings. The molecule has 0 bridgehead atoms. The van der Waals surface area contributed by atoms with E-state index in [-0.39, 0.29) is 11.8 Å². The number of rotatable bonds is 3. The number of halogens is 2. The van der Waals surface area contributed by atoms with E-state index in [0.717, 1.165) is 25.9 Å². The van der Waals surface area contributed by atoms with Gasteiger partial charge in [0.2, 0.25) is 5.91 Å². The molecule has 0 spiro atoms. The first-order chi connectivity index (χ1) is 11.5. The van der Waals surface area contributed by atoms with E-state index in [1.165, 1.54) is 11.3 Å². The van der Waals surface area contributed by atoms with Gasteiger partial charge in [-0.15, -0.1) is 0 Å². The molecule has 24 heavy (non-hydrogen) atoms. The van der Waals surface area contributed by atoms with Crippen molar-refractivity contribution in [1.29, 1.82) is 0 Å². The highest BCUT2D eigenvalue weighted by atomic mass is 35.5. The van der Waals surface area contributed by atoms with E-state index >= 15 is 0 Å². The lowest BCUT2D eigenvalue weighted by atomic mass is 9.95. The monoisotopic (exact) mass is 362 g/mol. The predicted octanol–water partition coefficient (Wildman–Crippen LogP) is 5.16. The molecule has 0 radical (unpaired) electrons. The Morgan fingerprint density at radius 3 is 2.21 bits per heavy atom. The summed E-state index contributed by atoms with van der Waals surface area (Å²) in [5, 5.41) is 3.97. The fourth-order valence-corrected chi connectivity index (χ4v) is 3.55. The lowest BCUT2D eigenvalue weighted by Gasteiger charge is -2.33. The standard InChI is InChI=1S/C19H20Cl2N2O/c1-13-2-4-18(5-3-13)23-8-6-14(7-9-23)19(24)22-17-11-15(20)10-16(21)12-17/h2-5,10-12,14H,6-9H2,1H3,(H,22,24).